The normalized spacial score (nSPS) is 19.6. The molecule has 5 nitrogen and oxygen atoms in total. The first-order valence-electron chi connectivity index (χ1n) is 5.19. The van der Waals surface area contributed by atoms with Crippen LogP contribution in [0.2, 0.25) is 0 Å². The van der Waals surface area contributed by atoms with Gasteiger partial charge in [0.05, 0.1) is 12.0 Å². The number of rotatable bonds is 2. The second-order valence-corrected chi connectivity index (χ2v) is 4.46. The van der Waals surface area contributed by atoms with Crippen LogP contribution in [-0.4, -0.2) is 17.0 Å². The average molecular weight is 296 g/mol. The minimum Gasteiger partial charge on any atom is -0.475 e. The van der Waals surface area contributed by atoms with Crippen molar-refractivity contribution in [3.8, 4) is 11.8 Å². The van der Waals surface area contributed by atoms with Gasteiger partial charge in [0.25, 0.3) is 5.91 Å². The first kappa shape index (κ1) is 11.9. The number of amides is 1. The van der Waals surface area contributed by atoms with Gasteiger partial charge in [0.15, 0.2) is 17.7 Å². The van der Waals surface area contributed by atoms with Crippen LogP contribution in [0.1, 0.15) is 13.3 Å². The summed E-state index contributed by atoms with van der Waals surface area (Å²) >= 11 is 3.21. The molecule has 0 radical (unpaired) electrons. The van der Waals surface area contributed by atoms with Gasteiger partial charge in [-0.05, 0) is 34.5 Å². The summed E-state index contributed by atoms with van der Waals surface area (Å²) in [7, 11) is 0. The van der Waals surface area contributed by atoms with Crippen molar-refractivity contribution >= 4 is 27.7 Å². The molecule has 1 aromatic rings. The van der Waals surface area contributed by atoms with Crippen LogP contribution < -0.4 is 10.1 Å². The van der Waals surface area contributed by atoms with Crippen LogP contribution in [0.4, 0.5) is 5.82 Å². The van der Waals surface area contributed by atoms with Crippen LogP contribution in [-0.2, 0) is 4.79 Å². The van der Waals surface area contributed by atoms with Crippen molar-refractivity contribution in [1.82, 2.24) is 4.98 Å². The van der Waals surface area contributed by atoms with E-state index in [1.165, 1.54) is 0 Å². The van der Waals surface area contributed by atoms with Crippen LogP contribution in [0.25, 0.3) is 0 Å². The Bertz CT molecular complexity index is 498. The van der Waals surface area contributed by atoms with Crippen molar-refractivity contribution in [3.63, 3.8) is 0 Å². The second-order valence-electron chi connectivity index (χ2n) is 3.65. The quantitative estimate of drug-likeness (QED) is 0.848. The SMILES string of the molecule is CCC(C#N)C1Oc2ccc(Br)nc2NC1=O. The molecule has 0 aliphatic carbocycles. The van der Waals surface area contributed by atoms with Gasteiger partial charge in [0.2, 0.25) is 0 Å². The fourth-order valence-electron chi connectivity index (χ4n) is 1.62. The Balaban J connectivity index is 2.30. The van der Waals surface area contributed by atoms with Gasteiger partial charge in [-0.3, -0.25) is 4.79 Å². The van der Waals surface area contributed by atoms with Gasteiger partial charge >= 0.3 is 0 Å². The highest BCUT2D eigenvalue weighted by atomic mass is 79.9. The van der Waals surface area contributed by atoms with E-state index in [1.807, 2.05) is 6.92 Å². The Labute approximate surface area is 107 Å². The lowest BCUT2D eigenvalue weighted by atomic mass is 9.99. The molecule has 6 heteroatoms. The number of aromatic nitrogens is 1. The van der Waals surface area contributed by atoms with Crippen LogP contribution in [0.15, 0.2) is 16.7 Å². The minimum atomic E-state index is -0.763. The number of ether oxygens (including phenoxy) is 1. The minimum absolute atomic E-state index is 0.323. The third-order valence-electron chi connectivity index (χ3n) is 2.55. The van der Waals surface area contributed by atoms with Crippen LogP contribution in [0.3, 0.4) is 0 Å². The number of carbonyl (C=O) groups is 1. The van der Waals surface area contributed by atoms with E-state index in [0.717, 1.165) is 0 Å². The van der Waals surface area contributed by atoms with Gasteiger partial charge < -0.3 is 10.1 Å². The number of fused-ring (bicyclic) bond motifs is 1. The highest BCUT2D eigenvalue weighted by Gasteiger charge is 2.34. The summed E-state index contributed by atoms with van der Waals surface area (Å²) in [6, 6.07) is 5.51. The van der Waals surface area contributed by atoms with Gasteiger partial charge in [-0.15, -0.1) is 0 Å². The monoisotopic (exact) mass is 295 g/mol. The van der Waals surface area contributed by atoms with Gasteiger partial charge in [-0.2, -0.15) is 5.26 Å². The van der Waals surface area contributed by atoms with Crippen molar-refractivity contribution in [3.05, 3.63) is 16.7 Å². The largest absolute Gasteiger partial charge is 0.475 e. The van der Waals surface area contributed by atoms with E-state index in [9.17, 15) is 4.79 Å². The second kappa shape index (κ2) is 4.72. The third-order valence-corrected chi connectivity index (χ3v) is 2.99. The molecule has 17 heavy (non-hydrogen) atoms. The molecule has 0 fully saturated rings. The lowest BCUT2D eigenvalue weighted by molar-refractivity contribution is -0.125. The zero-order chi connectivity index (χ0) is 12.4. The van der Waals surface area contributed by atoms with E-state index in [1.54, 1.807) is 12.1 Å². The number of pyridine rings is 1. The third kappa shape index (κ3) is 2.24. The highest BCUT2D eigenvalue weighted by Crippen LogP contribution is 2.31. The number of hydrogen-bond donors (Lipinski definition) is 1. The summed E-state index contributed by atoms with van der Waals surface area (Å²) in [6.07, 6.45) is -0.200. The first-order chi connectivity index (χ1) is 8.15. The molecule has 2 rings (SSSR count). The Hall–Kier alpha value is -1.61. The maximum Gasteiger partial charge on any atom is 0.268 e. The molecule has 0 saturated heterocycles. The van der Waals surface area contributed by atoms with E-state index in [0.29, 0.717) is 22.6 Å². The molecule has 2 heterocycles. The number of hydrogen-bond acceptors (Lipinski definition) is 4. The topological polar surface area (TPSA) is 75.0 Å². The molecule has 1 aromatic heterocycles. The predicted molar refractivity (Wildman–Crippen MR) is 64.4 cm³/mol. The molecular formula is C11H10BrN3O2. The Kier molecular flexibility index (Phi) is 3.29. The maximum atomic E-state index is 11.8. The average Bonchev–Trinajstić information content (AvgIpc) is 2.31. The number of halogens is 1. The molecule has 0 saturated carbocycles. The van der Waals surface area contributed by atoms with Crippen LogP contribution >= 0.6 is 15.9 Å². The summed E-state index contributed by atoms with van der Waals surface area (Å²) in [5, 5.41) is 11.6. The highest BCUT2D eigenvalue weighted by molar-refractivity contribution is 9.10. The maximum absolute atomic E-state index is 11.8. The van der Waals surface area contributed by atoms with E-state index < -0.39 is 12.0 Å². The summed E-state index contributed by atoms with van der Waals surface area (Å²) in [6.45, 7) is 1.85. The van der Waals surface area contributed by atoms with Crippen molar-refractivity contribution in [2.24, 2.45) is 5.92 Å². The Morgan fingerprint density at radius 2 is 2.47 bits per heavy atom. The molecule has 1 aliphatic rings. The number of nitrogens with one attached hydrogen (secondary N) is 1. The molecule has 2 atom stereocenters. The zero-order valence-electron chi connectivity index (χ0n) is 9.11. The van der Waals surface area contributed by atoms with Gasteiger partial charge in [-0.1, -0.05) is 6.92 Å². The van der Waals surface area contributed by atoms with Crippen LogP contribution in [0.5, 0.6) is 5.75 Å². The van der Waals surface area contributed by atoms with Crippen molar-refractivity contribution in [2.45, 2.75) is 19.4 Å². The lowest BCUT2D eigenvalue weighted by Crippen LogP contribution is -2.42. The summed E-state index contributed by atoms with van der Waals surface area (Å²) in [4.78, 5) is 15.9. The number of nitriles is 1. The number of nitrogens with zero attached hydrogens (tertiary/aromatic N) is 2. The van der Waals surface area contributed by atoms with Crippen molar-refractivity contribution < 1.29 is 9.53 Å². The molecule has 0 bridgehead atoms. The number of anilines is 1. The van der Waals surface area contributed by atoms with E-state index >= 15 is 0 Å². The molecular weight excluding hydrogens is 286 g/mol. The number of carbonyl (C=O) groups excluding carboxylic acids is 1. The summed E-state index contributed by atoms with van der Waals surface area (Å²) in [5.41, 5.74) is 0. The molecule has 0 spiro atoms. The van der Waals surface area contributed by atoms with Crippen molar-refractivity contribution in [2.75, 3.05) is 5.32 Å². The van der Waals surface area contributed by atoms with Crippen LogP contribution in [0, 0.1) is 17.2 Å². The van der Waals surface area contributed by atoms with E-state index in [-0.39, 0.29) is 5.91 Å². The Morgan fingerprint density at radius 1 is 1.71 bits per heavy atom. The van der Waals surface area contributed by atoms with Gasteiger partial charge in [0.1, 0.15) is 4.60 Å². The lowest BCUT2D eigenvalue weighted by Gasteiger charge is -2.27. The summed E-state index contributed by atoms with van der Waals surface area (Å²) in [5.74, 6) is 0.100. The smallest absolute Gasteiger partial charge is 0.268 e. The molecule has 1 amide bonds. The standard InChI is InChI=1S/C11H10BrN3O2/c1-2-6(5-13)9-11(16)15-10-7(17-9)3-4-8(12)14-10/h3-4,6,9H,2H2,1H3,(H,14,15,16). The van der Waals surface area contributed by atoms with E-state index in [2.05, 4.69) is 32.3 Å². The molecule has 2 unspecified atom stereocenters. The summed E-state index contributed by atoms with van der Waals surface area (Å²) < 4.78 is 6.14. The molecule has 0 aromatic carbocycles. The van der Waals surface area contributed by atoms with Gasteiger partial charge in [-0.25, -0.2) is 4.98 Å². The molecule has 1 aliphatic heterocycles. The molecule has 1 N–H and O–H groups in total. The first-order valence-corrected chi connectivity index (χ1v) is 5.98. The van der Waals surface area contributed by atoms with Gasteiger partial charge in [0, 0.05) is 0 Å². The fraction of sp³-hybridized carbons (Fsp3) is 0.364. The predicted octanol–water partition coefficient (Wildman–Crippen LogP) is 2.09. The fourth-order valence-corrected chi connectivity index (χ4v) is 1.93. The molecule has 88 valence electrons. The zero-order valence-corrected chi connectivity index (χ0v) is 10.7. The van der Waals surface area contributed by atoms with Crippen molar-refractivity contribution in [1.29, 1.82) is 5.26 Å². The van der Waals surface area contributed by atoms with E-state index in [4.69, 9.17) is 10.00 Å². The Morgan fingerprint density at radius 3 is 3.12 bits per heavy atom.